The van der Waals surface area contributed by atoms with Gasteiger partial charge in [-0.3, -0.25) is 19.4 Å². The van der Waals surface area contributed by atoms with Gasteiger partial charge < -0.3 is 41.7 Å². The van der Waals surface area contributed by atoms with Gasteiger partial charge in [-0.2, -0.15) is 0 Å². The van der Waals surface area contributed by atoms with Crippen molar-refractivity contribution in [2.45, 2.75) is 63.3 Å². The molecular weight excluding hydrogens is 709 g/mol. The van der Waals surface area contributed by atoms with E-state index in [9.17, 15) is 29.1 Å². The van der Waals surface area contributed by atoms with Gasteiger partial charge >= 0.3 is 12.1 Å². The predicted octanol–water partition coefficient (Wildman–Crippen LogP) is 2.94. The monoisotopic (exact) mass is 754 g/mol. The molecule has 0 spiro atoms. The summed E-state index contributed by atoms with van der Waals surface area (Å²) in [7, 11) is 3.90. The minimum Gasteiger partial charge on any atom is -0.480 e. The van der Waals surface area contributed by atoms with Crippen molar-refractivity contribution in [1.82, 2.24) is 25.8 Å². The lowest BCUT2D eigenvalue weighted by atomic mass is 10.0. The molecule has 0 bridgehead atoms. The first-order chi connectivity index (χ1) is 25.0. The highest BCUT2D eigenvalue weighted by molar-refractivity contribution is 8.15. The number of unbranched alkanes of at least 4 members (excludes halogenated alkanes) is 2. The molecule has 4 rings (SSSR count). The number of alkyl carbamates (subject to hydrolysis) is 1. The van der Waals surface area contributed by atoms with E-state index in [1.807, 2.05) is 49.3 Å². The average molecular weight is 755 g/mol. The van der Waals surface area contributed by atoms with E-state index in [2.05, 4.69) is 31.2 Å². The molecule has 2 heterocycles. The SMILES string of the molecule is CN(C)CCCC[C@H](NC(=O)CNC(=O)OCc1ccccc1)C(=O)N[C@@H](CCCCN)C(=O)Nc1ccc2nc(C3=N[C@@H](C(=O)O)CS3)sc2c1. The van der Waals surface area contributed by atoms with Crippen LogP contribution in [0.3, 0.4) is 0 Å². The normalized spacial score (nSPS) is 15.1. The number of aromatic nitrogens is 1. The number of nitrogens with zero attached hydrogens (tertiary/aromatic N) is 3. The van der Waals surface area contributed by atoms with Crippen LogP contribution in [-0.2, 0) is 30.5 Å². The van der Waals surface area contributed by atoms with Gasteiger partial charge in [-0.1, -0.05) is 30.3 Å². The molecule has 3 aromatic rings. The van der Waals surface area contributed by atoms with E-state index in [-0.39, 0.29) is 6.61 Å². The number of nitrogens with two attached hydrogens (primary N) is 1. The summed E-state index contributed by atoms with van der Waals surface area (Å²) in [6.07, 6.45) is 2.52. The van der Waals surface area contributed by atoms with Crippen LogP contribution >= 0.6 is 23.1 Å². The van der Waals surface area contributed by atoms with Crippen LogP contribution < -0.4 is 27.0 Å². The number of carbonyl (C=O) groups excluding carboxylic acids is 4. The molecule has 280 valence electrons. The van der Waals surface area contributed by atoms with Crippen LogP contribution in [0.15, 0.2) is 53.5 Å². The number of anilines is 1. The van der Waals surface area contributed by atoms with E-state index >= 15 is 0 Å². The third-order valence-corrected chi connectivity index (χ3v) is 10.2. The minimum atomic E-state index is -0.978. The Hall–Kier alpha value is -4.58. The first-order valence-corrected chi connectivity index (χ1v) is 18.9. The molecular formula is C35H46N8O7S2. The summed E-state index contributed by atoms with van der Waals surface area (Å²) in [6, 6.07) is 11.7. The number of thiazole rings is 1. The van der Waals surface area contributed by atoms with Gasteiger partial charge in [0.05, 0.1) is 10.2 Å². The van der Waals surface area contributed by atoms with E-state index in [4.69, 9.17) is 10.5 Å². The van der Waals surface area contributed by atoms with Crippen LogP contribution in [0.2, 0.25) is 0 Å². The molecule has 4 amide bonds. The third kappa shape index (κ3) is 12.9. The highest BCUT2D eigenvalue weighted by Crippen LogP contribution is 2.31. The summed E-state index contributed by atoms with van der Waals surface area (Å²) in [5, 5.41) is 21.3. The van der Waals surface area contributed by atoms with Crippen molar-refractivity contribution in [2.75, 3.05) is 44.8 Å². The molecule has 1 aromatic heterocycles. The first kappa shape index (κ1) is 40.2. The highest BCUT2D eigenvalue weighted by Gasteiger charge is 2.28. The van der Waals surface area contributed by atoms with Crippen LogP contribution in [0.4, 0.5) is 10.5 Å². The average Bonchev–Trinajstić information content (AvgIpc) is 3.79. The smallest absolute Gasteiger partial charge is 0.407 e. The van der Waals surface area contributed by atoms with Crippen LogP contribution in [0, 0.1) is 0 Å². The minimum absolute atomic E-state index is 0.0435. The molecule has 52 heavy (non-hydrogen) atoms. The first-order valence-electron chi connectivity index (χ1n) is 17.1. The van der Waals surface area contributed by atoms with Crippen LogP contribution in [0.25, 0.3) is 10.2 Å². The number of carboxylic acids is 1. The Morgan fingerprint density at radius 3 is 2.40 bits per heavy atom. The van der Waals surface area contributed by atoms with Gasteiger partial charge in [0.25, 0.3) is 0 Å². The van der Waals surface area contributed by atoms with Crippen LogP contribution in [-0.4, -0.2) is 107 Å². The Balaban J connectivity index is 1.39. The number of nitrogens with one attached hydrogen (secondary N) is 4. The molecule has 2 aromatic carbocycles. The Bertz CT molecular complexity index is 1720. The number of carbonyl (C=O) groups is 5. The topological polar surface area (TPSA) is 217 Å². The van der Waals surface area contributed by atoms with E-state index in [1.54, 1.807) is 18.2 Å². The van der Waals surface area contributed by atoms with Gasteiger partial charge in [0.1, 0.15) is 35.3 Å². The number of ether oxygens (including phenoxy) is 1. The molecule has 0 radical (unpaired) electrons. The lowest BCUT2D eigenvalue weighted by Gasteiger charge is -2.23. The summed E-state index contributed by atoms with van der Waals surface area (Å²) < 4.78 is 5.95. The zero-order valence-corrected chi connectivity index (χ0v) is 30.9. The Kier molecular flexibility index (Phi) is 15.8. The Labute approximate surface area is 310 Å². The molecule has 7 N–H and O–H groups in total. The number of aliphatic imine (C=N–C) groups is 1. The van der Waals surface area contributed by atoms with E-state index in [0.717, 1.165) is 23.2 Å². The number of aliphatic carboxylic acids is 1. The van der Waals surface area contributed by atoms with Crippen molar-refractivity contribution < 1.29 is 33.8 Å². The number of hydrogen-bond donors (Lipinski definition) is 6. The highest BCUT2D eigenvalue weighted by atomic mass is 32.2. The maximum absolute atomic E-state index is 13.7. The molecule has 3 atom stereocenters. The van der Waals surface area contributed by atoms with E-state index in [0.29, 0.717) is 65.7 Å². The quantitative estimate of drug-likeness (QED) is 0.0922. The molecule has 0 saturated carbocycles. The molecule has 1 aliphatic rings. The number of thioether (sulfide) groups is 1. The summed E-state index contributed by atoms with van der Waals surface area (Å²) in [5.74, 6) is -2.16. The Morgan fingerprint density at radius 1 is 0.981 bits per heavy atom. The number of carboxylic acid groups (broad SMARTS) is 1. The van der Waals surface area contributed by atoms with Crippen molar-refractivity contribution in [3.63, 3.8) is 0 Å². The third-order valence-electron chi connectivity index (χ3n) is 7.96. The predicted molar refractivity (Wildman–Crippen MR) is 202 cm³/mol. The molecule has 0 fully saturated rings. The maximum atomic E-state index is 13.7. The maximum Gasteiger partial charge on any atom is 0.407 e. The van der Waals surface area contributed by atoms with Crippen molar-refractivity contribution >= 4 is 73.8 Å². The summed E-state index contributed by atoms with van der Waals surface area (Å²) >= 11 is 2.69. The molecule has 15 nitrogen and oxygen atoms in total. The van der Waals surface area contributed by atoms with Crippen molar-refractivity contribution in [2.24, 2.45) is 10.7 Å². The fourth-order valence-electron chi connectivity index (χ4n) is 5.19. The zero-order valence-electron chi connectivity index (χ0n) is 29.3. The largest absolute Gasteiger partial charge is 0.480 e. The van der Waals surface area contributed by atoms with Gasteiger partial charge in [-0.05, 0) is 89.5 Å². The van der Waals surface area contributed by atoms with Crippen molar-refractivity contribution in [3.8, 4) is 0 Å². The molecule has 0 aliphatic carbocycles. The number of hydrogen-bond acceptors (Lipinski definition) is 12. The van der Waals surface area contributed by atoms with Crippen LogP contribution in [0.5, 0.6) is 0 Å². The van der Waals surface area contributed by atoms with Crippen LogP contribution in [0.1, 0.15) is 49.1 Å². The molecule has 0 unspecified atom stereocenters. The second kappa shape index (κ2) is 20.5. The second-order valence-electron chi connectivity index (χ2n) is 12.5. The van der Waals surface area contributed by atoms with Gasteiger partial charge in [0, 0.05) is 11.4 Å². The molecule has 0 saturated heterocycles. The Morgan fingerprint density at radius 2 is 1.71 bits per heavy atom. The lowest BCUT2D eigenvalue weighted by Crippen LogP contribution is -2.53. The number of amides is 4. The van der Waals surface area contributed by atoms with Crippen molar-refractivity contribution in [3.05, 3.63) is 59.1 Å². The lowest BCUT2D eigenvalue weighted by molar-refractivity contribution is -0.137. The summed E-state index contributed by atoms with van der Waals surface area (Å²) in [5.41, 5.74) is 7.68. The number of fused-ring (bicyclic) bond motifs is 1. The number of rotatable bonds is 20. The van der Waals surface area contributed by atoms with Gasteiger partial charge in [-0.15, -0.1) is 23.1 Å². The van der Waals surface area contributed by atoms with Crippen molar-refractivity contribution in [1.29, 1.82) is 0 Å². The van der Waals surface area contributed by atoms with Gasteiger partial charge in [0.15, 0.2) is 6.04 Å². The van der Waals surface area contributed by atoms with Gasteiger partial charge in [0.2, 0.25) is 17.7 Å². The van der Waals surface area contributed by atoms with E-state index in [1.165, 1.54) is 23.1 Å². The fraction of sp³-hybridized carbons (Fsp3) is 0.457. The fourth-order valence-corrected chi connectivity index (χ4v) is 7.29. The summed E-state index contributed by atoms with van der Waals surface area (Å²) in [4.78, 5) is 74.6. The standard InChI is InChI=1S/C35H46N8O7S2/c1-43(2)17-9-7-13-25(39-29(44)19-37-35(49)50-20-22-10-4-3-5-11-22)31(46)40-26(12-6-8-16-36)30(45)38-23-14-15-24-28(18-23)52-33(41-24)32-42-27(21-51-32)34(47)48/h3-5,10-11,14-15,18,25-27H,6-9,12-13,16-17,19-21,36H2,1-2H3,(H,37,49)(H,38,45)(H,39,44)(H,40,46)(H,47,48)/t25-,26-,27+/m0/s1. The second-order valence-corrected chi connectivity index (χ2v) is 14.5. The van der Waals surface area contributed by atoms with Gasteiger partial charge in [-0.25, -0.2) is 14.6 Å². The molecule has 1 aliphatic heterocycles. The number of benzene rings is 2. The van der Waals surface area contributed by atoms with E-state index < -0.39 is 54.5 Å². The molecule has 17 heteroatoms. The summed E-state index contributed by atoms with van der Waals surface area (Å²) in [6.45, 7) is 0.864. The zero-order chi connectivity index (χ0) is 37.5.